The number of fused-ring (bicyclic) bond motifs is 3. The van der Waals surface area contributed by atoms with Gasteiger partial charge in [0, 0.05) is 39.1 Å². The van der Waals surface area contributed by atoms with Gasteiger partial charge in [0.25, 0.3) is 5.95 Å². The first-order chi connectivity index (χ1) is 16.2. The van der Waals surface area contributed by atoms with Gasteiger partial charge >= 0.3 is 0 Å². The van der Waals surface area contributed by atoms with Crippen LogP contribution in [0.1, 0.15) is 16.7 Å². The summed E-state index contributed by atoms with van der Waals surface area (Å²) in [4.78, 5) is 4.13. The van der Waals surface area contributed by atoms with Crippen molar-refractivity contribution in [3.8, 4) is 5.00 Å². The second-order valence-corrected chi connectivity index (χ2v) is 8.64. The lowest BCUT2D eigenvalue weighted by atomic mass is 10.0. The minimum Gasteiger partial charge on any atom is -0.385 e. The van der Waals surface area contributed by atoms with Crippen LogP contribution >= 0.6 is 22.9 Å². The van der Waals surface area contributed by atoms with Crippen molar-refractivity contribution < 1.29 is 0 Å². The van der Waals surface area contributed by atoms with Crippen LogP contribution in [0.25, 0.3) is 5.00 Å². The molecular weight excluding hydrogens is 458 g/mol. The molecule has 0 bridgehead atoms. The molecule has 0 saturated carbocycles. The molecule has 0 atom stereocenters. The van der Waals surface area contributed by atoms with Crippen LogP contribution in [0.5, 0.6) is 0 Å². The van der Waals surface area contributed by atoms with Crippen molar-refractivity contribution in [2.75, 3.05) is 42.1 Å². The zero-order valence-electron chi connectivity index (χ0n) is 18.3. The van der Waals surface area contributed by atoms with Crippen molar-refractivity contribution in [1.29, 1.82) is 0 Å². The van der Waals surface area contributed by atoms with E-state index in [-0.39, 0.29) is 0 Å². The third-order valence-corrected chi connectivity index (χ3v) is 6.86. The van der Waals surface area contributed by atoms with E-state index >= 15 is 0 Å². The van der Waals surface area contributed by atoms with E-state index < -0.39 is 0 Å². The minimum absolute atomic E-state index is 0.487. The average molecular weight is 480 g/mol. The Hall–Kier alpha value is -3.63. The van der Waals surface area contributed by atoms with Crippen molar-refractivity contribution in [2.45, 2.75) is 6.54 Å². The Balaban J connectivity index is 1.82. The fourth-order valence-corrected chi connectivity index (χ4v) is 5.21. The highest BCUT2D eigenvalue weighted by atomic mass is 35.5. The zero-order valence-corrected chi connectivity index (χ0v) is 19.9. The smallest absolute Gasteiger partial charge is 0.254 e. The molecule has 1 aliphatic rings. The number of rotatable bonds is 6. The summed E-state index contributed by atoms with van der Waals surface area (Å²) < 4.78 is 2.00. The average Bonchev–Trinajstić information content (AvgIpc) is 3.40. The van der Waals surface area contributed by atoms with Crippen molar-refractivity contribution in [3.63, 3.8) is 0 Å². The molecule has 11 heteroatoms. The largest absolute Gasteiger partial charge is 0.385 e. The molecule has 0 radical (unpaired) electrons. The van der Waals surface area contributed by atoms with Crippen LogP contribution in [0.3, 0.4) is 0 Å². The van der Waals surface area contributed by atoms with Gasteiger partial charge in [0.2, 0.25) is 5.95 Å². The first kappa shape index (κ1) is 21.2. The van der Waals surface area contributed by atoms with Crippen LogP contribution in [0, 0.1) is 0 Å². The van der Waals surface area contributed by atoms with Gasteiger partial charge in [0.05, 0.1) is 22.8 Å². The van der Waals surface area contributed by atoms with E-state index in [1.807, 2.05) is 67.1 Å². The second-order valence-electron chi connectivity index (χ2n) is 7.24. The predicted octanol–water partition coefficient (Wildman–Crippen LogP) is 4.27. The van der Waals surface area contributed by atoms with Crippen molar-refractivity contribution >= 4 is 51.2 Å². The van der Waals surface area contributed by atoms with E-state index in [4.69, 9.17) is 16.7 Å². The van der Waals surface area contributed by atoms with Crippen LogP contribution in [-0.2, 0) is 6.54 Å². The molecule has 4 heterocycles. The number of benzene rings is 1. The molecule has 3 N–H and O–H groups in total. The zero-order chi connectivity index (χ0) is 22.9. The molecular formula is C22H22ClN9S. The number of hydrogen-bond acceptors (Lipinski definition) is 9. The van der Waals surface area contributed by atoms with Crippen LogP contribution in [0.4, 0.5) is 22.6 Å². The van der Waals surface area contributed by atoms with Gasteiger partial charge in [-0.25, -0.2) is 9.58 Å². The van der Waals surface area contributed by atoms with E-state index in [0.29, 0.717) is 23.5 Å². The Morgan fingerprint density at radius 1 is 0.970 bits per heavy atom. The molecule has 3 aromatic heterocycles. The number of aromatic nitrogens is 4. The van der Waals surface area contributed by atoms with Crippen molar-refractivity contribution in [3.05, 3.63) is 70.5 Å². The summed E-state index contributed by atoms with van der Waals surface area (Å²) in [6.07, 6.45) is 3.54. The van der Waals surface area contributed by atoms with Gasteiger partial charge in [-0.3, -0.25) is 4.98 Å². The van der Waals surface area contributed by atoms with E-state index in [1.165, 1.54) is 0 Å². The number of hydrogen-bond donors (Lipinski definition) is 3. The van der Waals surface area contributed by atoms with E-state index in [9.17, 15) is 0 Å². The maximum atomic E-state index is 6.68. The monoisotopic (exact) mass is 479 g/mol. The SMILES string of the molecule is CNc1sc2c(c1NC)C(c1ccccc1Cl)=NN(Cc1ccncc1)c1nnc(NC)n1-2. The molecule has 0 fully saturated rings. The van der Waals surface area contributed by atoms with Gasteiger partial charge < -0.3 is 16.0 Å². The van der Waals surface area contributed by atoms with Crippen molar-refractivity contribution in [2.24, 2.45) is 5.10 Å². The van der Waals surface area contributed by atoms with Gasteiger partial charge in [0.15, 0.2) is 0 Å². The lowest BCUT2D eigenvalue weighted by molar-refractivity contribution is 0.799. The number of nitrogens with zero attached hydrogens (tertiary/aromatic N) is 6. The van der Waals surface area contributed by atoms with Crippen LogP contribution in [0.2, 0.25) is 5.02 Å². The number of halogens is 1. The number of anilines is 4. The summed E-state index contributed by atoms with van der Waals surface area (Å²) in [5, 5.41) is 28.2. The summed E-state index contributed by atoms with van der Waals surface area (Å²) in [7, 11) is 5.63. The molecule has 0 amide bonds. The van der Waals surface area contributed by atoms with Gasteiger partial charge in [0.1, 0.15) is 15.7 Å². The van der Waals surface area contributed by atoms with E-state index in [2.05, 4.69) is 31.1 Å². The number of nitrogens with one attached hydrogen (secondary N) is 3. The topological polar surface area (TPSA) is 95.3 Å². The predicted molar refractivity (Wildman–Crippen MR) is 135 cm³/mol. The Morgan fingerprint density at radius 2 is 1.76 bits per heavy atom. The van der Waals surface area contributed by atoms with E-state index in [1.54, 1.807) is 23.7 Å². The Bertz CT molecular complexity index is 1330. The fraction of sp³-hybridized carbons (Fsp3) is 0.182. The Morgan fingerprint density at radius 3 is 2.45 bits per heavy atom. The standard InChI is InChI=1S/C22H22ClN9S/c1-24-18-16-17(14-6-4-5-7-15(14)23)30-31(12-13-8-10-27-11-9-13)22-29-28-21(26-3)32(22)20(16)33-19(18)25-2/h4-11,24-25H,12H2,1-3H3,(H,26,28). The van der Waals surface area contributed by atoms with E-state index in [0.717, 1.165) is 38.1 Å². The fourth-order valence-electron chi connectivity index (χ4n) is 3.83. The lowest BCUT2D eigenvalue weighted by Gasteiger charge is -2.18. The maximum Gasteiger partial charge on any atom is 0.254 e. The first-order valence-corrected chi connectivity index (χ1v) is 11.5. The summed E-state index contributed by atoms with van der Waals surface area (Å²) in [5.41, 5.74) is 4.49. The molecule has 33 heavy (non-hydrogen) atoms. The molecule has 1 aliphatic heterocycles. The number of hydrazone groups is 1. The second kappa shape index (κ2) is 8.72. The van der Waals surface area contributed by atoms with Gasteiger partial charge in [-0.1, -0.05) is 41.1 Å². The van der Waals surface area contributed by atoms with Crippen LogP contribution in [-0.4, -0.2) is 46.6 Å². The van der Waals surface area contributed by atoms with Crippen LogP contribution in [0.15, 0.2) is 53.9 Å². The molecule has 0 aliphatic carbocycles. The third kappa shape index (κ3) is 3.57. The van der Waals surface area contributed by atoms with Crippen LogP contribution < -0.4 is 21.0 Å². The van der Waals surface area contributed by atoms with Gasteiger partial charge in [-0.2, -0.15) is 5.10 Å². The van der Waals surface area contributed by atoms with Gasteiger partial charge in [-0.15, -0.1) is 10.2 Å². The first-order valence-electron chi connectivity index (χ1n) is 10.3. The molecule has 0 unspecified atom stereocenters. The normalized spacial score (nSPS) is 12.5. The lowest BCUT2D eigenvalue weighted by Crippen LogP contribution is -2.21. The molecule has 1 aromatic carbocycles. The molecule has 168 valence electrons. The highest BCUT2D eigenvalue weighted by Crippen LogP contribution is 2.46. The summed E-state index contributed by atoms with van der Waals surface area (Å²) in [5.74, 6) is 1.22. The minimum atomic E-state index is 0.487. The third-order valence-electron chi connectivity index (χ3n) is 5.34. The Kier molecular flexibility index (Phi) is 5.61. The molecule has 4 aromatic rings. The van der Waals surface area contributed by atoms with Gasteiger partial charge in [-0.05, 0) is 23.8 Å². The van der Waals surface area contributed by atoms with Crippen molar-refractivity contribution in [1.82, 2.24) is 19.7 Å². The summed E-state index contributed by atoms with van der Waals surface area (Å²) in [6, 6.07) is 11.7. The molecule has 5 rings (SSSR count). The number of thiophene rings is 1. The highest BCUT2D eigenvalue weighted by molar-refractivity contribution is 7.19. The Labute approximate surface area is 200 Å². The highest BCUT2D eigenvalue weighted by Gasteiger charge is 2.33. The summed E-state index contributed by atoms with van der Waals surface area (Å²) in [6.45, 7) is 0.487. The molecule has 0 saturated heterocycles. The molecule has 0 spiro atoms. The summed E-state index contributed by atoms with van der Waals surface area (Å²) >= 11 is 8.28. The maximum absolute atomic E-state index is 6.68. The number of pyridine rings is 1. The molecule has 9 nitrogen and oxygen atoms in total. The quantitative estimate of drug-likeness (QED) is 0.380.